The summed E-state index contributed by atoms with van der Waals surface area (Å²) in [6, 6.07) is 22.4. The lowest BCUT2D eigenvalue weighted by molar-refractivity contribution is -0.383. The Hall–Kier alpha value is -4.07. The lowest BCUT2D eigenvalue weighted by Gasteiger charge is -2.36. The average Bonchev–Trinajstić information content (AvgIpc) is 2.89. The SMILES string of the molecule is COc1ccccc1C(=O)N1CCN(c2ccc([N+](=O)[O-])c(NCCc3ccccc3)c2)CC1. The minimum absolute atomic E-state index is 0.0518. The number of piperazine rings is 1. The molecular formula is C26H28N4O4. The summed E-state index contributed by atoms with van der Waals surface area (Å²) in [5.41, 5.74) is 3.19. The predicted octanol–water partition coefficient (Wildman–Crippen LogP) is 4.22. The second-order valence-electron chi connectivity index (χ2n) is 8.10. The van der Waals surface area contributed by atoms with Gasteiger partial charge in [-0.1, -0.05) is 42.5 Å². The highest BCUT2D eigenvalue weighted by Gasteiger charge is 2.25. The Kier molecular flexibility index (Phi) is 7.27. The predicted molar refractivity (Wildman–Crippen MR) is 133 cm³/mol. The first-order chi connectivity index (χ1) is 16.6. The molecule has 0 aromatic heterocycles. The lowest BCUT2D eigenvalue weighted by atomic mass is 10.1. The molecule has 0 atom stereocenters. The average molecular weight is 461 g/mol. The minimum atomic E-state index is -0.363. The maximum atomic E-state index is 13.0. The Labute approximate surface area is 198 Å². The molecule has 0 unspecified atom stereocenters. The van der Waals surface area contributed by atoms with E-state index in [-0.39, 0.29) is 16.5 Å². The van der Waals surface area contributed by atoms with E-state index in [4.69, 9.17) is 4.74 Å². The molecule has 1 saturated heterocycles. The summed E-state index contributed by atoms with van der Waals surface area (Å²) in [5, 5.41) is 14.8. The van der Waals surface area contributed by atoms with Gasteiger partial charge in [-0.05, 0) is 36.2 Å². The summed E-state index contributed by atoms with van der Waals surface area (Å²) in [6.45, 7) is 3.00. The monoisotopic (exact) mass is 460 g/mol. The van der Waals surface area contributed by atoms with Gasteiger partial charge < -0.3 is 19.9 Å². The number of ether oxygens (including phenoxy) is 1. The second-order valence-corrected chi connectivity index (χ2v) is 8.10. The third-order valence-electron chi connectivity index (χ3n) is 6.02. The van der Waals surface area contributed by atoms with Gasteiger partial charge in [0.2, 0.25) is 0 Å². The summed E-state index contributed by atoms with van der Waals surface area (Å²) in [6.07, 6.45) is 0.770. The van der Waals surface area contributed by atoms with Crippen molar-refractivity contribution in [3.8, 4) is 5.75 Å². The molecular weight excluding hydrogens is 432 g/mol. The number of nitrogens with zero attached hydrogens (tertiary/aromatic N) is 3. The molecule has 1 N–H and O–H groups in total. The van der Waals surface area contributed by atoms with Crippen LogP contribution in [0.3, 0.4) is 0 Å². The van der Waals surface area contributed by atoms with Gasteiger partial charge in [-0.3, -0.25) is 14.9 Å². The summed E-state index contributed by atoms with van der Waals surface area (Å²) in [4.78, 5) is 28.1. The Bertz CT molecular complexity index is 1140. The zero-order valence-electron chi connectivity index (χ0n) is 19.1. The lowest BCUT2D eigenvalue weighted by Crippen LogP contribution is -2.48. The van der Waals surface area contributed by atoms with E-state index >= 15 is 0 Å². The Morgan fingerprint density at radius 1 is 1.00 bits per heavy atom. The molecule has 1 aliphatic heterocycles. The molecule has 8 nitrogen and oxygen atoms in total. The first-order valence-corrected chi connectivity index (χ1v) is 11.3. The molecule has 4 rings (SSSR count). The van der Waals surface area contributed by atoms with Crippen LogP contribution in [0.15, 0.2) is 72.8 Å². The van der Waals surface area contributed by atoms with Gasteiger partial charge in [0.1, 0.15) is 11.4 Å². The number of nitro groups is 1. The van der Waals surface area contributed by atoms with Gasteiger partial charge in [-0.15, -0.1) is 0 Å². The van der Waals surface area contributed by atoms with Crippen LogP contribution in [0.4, 0.5) is 17.1 Å². The Balaban J connectivity index is 1.41. The molecule has 0 bridgehead atoms. The van der Waals surface area contributed by atoms with Gasteiger partial charge in [0, 0.05) is 44.5 Å². The van der Waals surface area contributed by atoms with Gasteiger partial charge in [-0.25, -0.2) is 0 Å². The van der Waals surface area contributed by atoms with E-state index in [0.29, 0.717) is 49.7 Å². The number of nitrogens with one attached hydrogen (secondary N) is 1. The van der Waals surface area contributed by atoms with E-state index < -0.39 is 0 Å². The van der Waals surface area contributed by atoms with E-state index in [1.807, 2.05) is 53.4 Å². The topological polar surface area (TPSA) is 88.0 Å². The van der Waals surface area contributed by atoms with Crippen LogP contribution in [0, 0.1) is 10.1 Å². The van der Waals surface area contributed by atoms with Crippen molar-refractivity contribution in [2.24, 2.45) is 0 Å². The van der Waals surface area contributed by atoms with Crippen molar-refractivity contribution >= 4 is 23.0 Å². The van der Waals surface area contributed by atoms with Crippen LogP contribution < -0.4 is 15.0 Å². The molecule has 0 aliphatic carbocycles. The van der Waals surface area contributed by atoms with Gasteiger partial charge in [-0.2, -0.15) is 0 Å². The number of rotatable bonds is 8. The van der Waals surface area contributed by atoms with E-state index in [1.165, 1.54) is 5.56 Å². The number of carbonyl (C=O) groups excluding carboxylic acids is 1. The van der Waals surface area contributed by atoms with Crippen LogP contribution >= 0.6 is 0 Å². The number of anilines is 2. The fraction of sp³-hybridized carbons (Fsp3) is 0.269. The van der Waals surface area contributed by atoms with Gasteiger partial charge in [0.15, 0.2) is 0 Å². The summed E-state index contributed by atoms with van der Waals surface area (Å²) < 4.78 is 5.33. The third-order valence-corrected chi connectivity index (χ3v) is 6.02. The first kappa shape index (κ1) is 23.1. The molecule has 0 saturated carbocycles. The van der Waals surface area contributed by atoms with Crippen molar-refractivity contribution in [3.05, 3.63) is 94.0 Å². The zero-order chi connectivity index (χ0) is 23.9. The van der Waals surface area contributed by atoms with Crippen LogP contribution in [0.25, 0.3) is 0 Å². The highest BCUT2D eigenvalue weighted by Crippen LogP contribution is 2.30. The van der Waals surface area contributed by atoms with E-state index in [1.54, 1.807) is 31.4 Å². The fourth-order valence-corrected chi connectivity index (χ4v) is 4.17. The van der Waals surface area contributed by atoms with Gasteiger partial charge in [0.25, 0.3) is 11.6 Å². The maximum absolute atomic E-state index is 13.0. The smallest absolute Gasteiger partial charge is 0.292 e. The van der Waals surface area contributed by atoms with E-state index in [9.17, 15) is 14.9 Å². The molecule has 34 heavy (non-hydrogen) atoms. The van der Waals surface area contributed by atoms with Gasteiger partial charge in [0.05, 0.1) is 17.6 Å². The van der Waals surface area contributed by atoms with E-state index in [0.717, 1.165) is 12.1 Å². The molecule has 1 aliphatic rings. The van der Waals surface area contributed by atoms with Crippen molar-refractivity contribution in [1.29, 1.82) is 0 Å². The zero-order valence-corrected chi connectivity index (χ0v) is 19.1. The van der Waals surface area contributed by atoms with Crippen LogP contribution in [0.5, 0.6) is 5.75 Å². The van der Waals surface area contributed by atoms with Crippen molar-refractivity contribution in [3.63, 3.8) is 0 Å². The van der Waals surface area contributed by atoms with Crippen LogP contribution in [-0.2, 0) is 6.42 Å². The number of para-hydroxylation sites is 1. The maximum Gasteiger partial charge on any atom is 0.292 e. The molecule has 176 valence electrons. The van der Waals surface area contributed by atoms with Crippen molar-refractivity contribution < 1.29 is 14.5 Å². The second kappa shape index (κ2) is 10.7. The van der Waals surface area contributed by atoms with Gasteiger partial charge >= 0.3 is 0 Å². The van der Waals surface area contributed by atoms with Crippen molar-refractivity contribution in [2.45, 2.75) is 6.42 Å². The largest absolute Gasteiger partial charge is 0.496 e. The minimum Gasteiger partial charge on any atom is -0.496 e. The normalized spacial score (nSPS) is 13.4. The number of carbonyl (C=O) groups is 1. The molecule has 3 aromatic carbocycles. The molecule has 8 heteroatoms. The Morgan fingerprint density at radius 3 is 2.41 bits per heavy atom. The molecule has 0 spiro atoms. The molecule has 1 amide bonds. The molecule has 3 aromatic rings. The summed E-state index contributed by atoms with van der Waals surface area (Å²) in [5.74, 6) is 0.514. The van der Waals surface area contributed by atoms with Crippen LogP contribution in [-0.4, -0.2) is 55.6 Å². The number of benzene rings is 3. The van der Waals surface area contributed by atoms with Crippen LogP contribution in [0.1, 0.15) is 15.9 Å². The quantitative estimate of drug-likeness (QED) is 0.400. The number of amides is 1. The molecule has 1 heterocycles. The van der Waals surface area contributed by atoms with E-state index in [2.05, 4.69) is 10.2 Å². The summed E-state index contributed by atoms with van der Waals surface area (Å²) in [7, 11) is 1.56. The summed E-state index contributed by atoms with van der Waals surface area (Å²) >= 11 is 0. The first-order valence-electron chi connectivity index (χ1n) is 11.3. The Morgan fingerprint density at radius 2 is 1.71 bits per heavy atom. The number of hydrogen-bond acceptors (Lipinski definition) is 6. The third kappa shape index (κ3) is 5.28. The standard InChI is InChI=1S/C26H28N4O4/c1-34-25-10-6-5-9-22(25)26(31)29-17-15-28(16-18-29)21-11-12-24(30(32)33)23(19-21)27-14-13-20-7-3-2-4-8-20/h2-12,19,27H,13-18H2,1H3. The highest BCUT2D eigenvalue weighted by atomic mass is 16.6. The number of hydrogen-bond donors (Lipinski definition) is 1. The van der Waals surface area contributed by atoms with Crippen molar-refractivity contribution in [1.82, 2.24) is 4.90 Å². The fourth-order valence-electron chi connectivity index (χ4n) is 4.17. The highest BCUT2D eigenvalue weighted by molar-refractivity contribution is 5.97. The van der Waals surface area contributed by atoms with Crippen LogP contribution in [0.2, 0.25) is 0 Å². The number of nitro benzene ring substituents is 1. The molecule has 0 radical (unpaired) electrons. The number of methoxy groups -OCH3 is 1. The molecule has 1 fully saturated rings. The van der Waals surface area contributed by atoms with Crippen molar-refractivity contribution in [2.75, 3.05) is 50.1 Å².